The van der Waals surface area contributed by atoms with E-state index < -0.39 is 11.1 Å². The zero-order valence-electron chi connectivity index (χ0n) is 24.8. The lowest BCUT2D eigenvalue weighted by Crippen LogP contribution is -2.58. The Hall–Kier alpha value is -3.75. The molecule has 8 heteroatoms. The normalized spacial score (nSPS) is 25.3. The fraction of sp³-hybridized carbons (Fsp3) is 0.441. The molecule has 5 rings (SSSR count). The monoisotopic (exact) mass is 570 g/mol. The van der Waals surface area contributed by atoms with Gasteiger partial charge >= 0.3 is 6.09 Å². The first-order chi connectivity index (χ1) is 20.1. The molecular formula is C34H42N4O4. The van der Waals surface area contributed by atoms with Crippen LogP contribution in [0, 0.1) is 5.92 Å². The average molecular weight is 571 g/mol. The number of ether oxygens (including phenoxy) is 1. The molecule has 0 radical (unpaired) electrons. The average Bonchev–Trinajstić information content (AvgIpc) is 2.97. The molecule has 2 aliphatic carbocycles. The second-order valence-corrected chi connectivity index (χ2v) is 12.2. The molecule has 3 aromatic rings. The highest BCUT2D eigenvalue weighted by atomic mass is 16.5. The van der Waals surface area contributed by atoms with Crippen LogP contribution in [-0.2, 0) is 15.1 Å². The first-order valence-corrected chi connectivity index (χ1v) is 14.9. The van der Waals surface area contributed by atoms with Gasteiger partial charge in [0.1, 0.15) is 5.82 Å². The molecule has 2 saturated carbocycles. The first kappa shape index (κ1) is 29.7. The van der Waals surface area contributed by atoms with Gasteiger partial charge in [0.2, 0.25) is 5.91 Å². The summed E-state index contributed by atoms with van der Waals surface area (Å²) < 4.78 is 4.93. The number of anilines is 1. The van der Waals surface area contributed by atoms with Crippen LogP contribution in [0.25, 0.3) is 22.3 Å². The Morgan fingerprint density at radius 1 is 1.02 bits per heavy atom. The van der Waals surface area contributed by atoms with Crippen molar-refractivity contribution in [1.29, 1.82) is 0 Å². The van der Waals surface area contributed by atoms with Crippen molar-refractivity contribution in [2.75, 3.05) is 19.0 Å². The van der Waals surface area contributed by atoms with Crippen LogP contribution in [-0.4, -0.2) is 52.3 Å². The number of carbonyl (C=O) groups excluding carboxylic acids is 2. The maximum atomic E-state index is 13.1. The highest BCUT2D eigenvalue weighted by Gasteiger charge is 2.49. The molecular weight excluding hydrogens is 528 g/mol. The third-order valence-corrected chi connectivity index (χ3v) is 8.90. The summed E-state index contributed by atoms with van der Waals surface area (Å²) in [5, 5.41) is 13.2. The number of amides is 2. The summed E-state index contributed by atoms with van der Waals surface area (Å²) in [7, 11) is 1.42. The number of aromatic nitrogens is 1. The number of nitrogens with two attached hydrogens (primary N) is 1. The molecule has 222 valence electrons. The molecule has 8 nitrogen and oxygen atoms in total. The number of methoxy groups -OCH3 is 1. The van der Waals surface area contributed by atoms with Crippen LogP contribution in [0.1, 0.15) is 64.4 Å². The van der Waals surface area contributed by atoms with E-state index in [1.807, 2.05) is 56.4 Å². The zero-order chi connectivity index (χ0) is 29.9. The third-order valence-electron chi connectivity index (χ3n) is 8.90. The molecule has 0 atom stereocenters. The Bertz CT molecular complexity index is 1390. The molecule has 0 saturated heterocycles. The summed E-state index contributed by atoms with van der Waals surface area (Å²) in [6.07, 6.45) is 6.56. The molecule has 42 heavy (non-hydrogen) atoms. The lowest BCUT2D eigenvalue weighted by molar-refractivity contribution is -0.117. The second kappa shape index (κ2) is 12.2. The highest BCUT2D eigenvalue weighted by molar-refractivity contribution is 5.92. The van der Waals surface area contributed by atoms with Crippen LogP contribution < -0.4 is 11.1 Å². The Morgan fingerprint density at radius 3 is 2.26 bits per heavy atom. The Labute approximate surface area is 248 Å². The standard InChI is InChI=1S/C34H42N4O4/c1-4-38(32(40)42-3)27-16-10-23(11-17-27)18-31(39)37-30-19-28(24-8-6-5-7-9-24)29(20-36-30)25-12-14-26(15-13-25)34(35)21-33(2,41)22-34/h5-9,12-15,19-20,23,27,41H,4,10-11,16-18,21-22,35H2,1-3H3,(H,36,37,39). The van der Waals surface area contributed by atoms with E-state index >= 15 is 0 Å². The van der Waals surface area contributed by atoms with Gasteiger partial charge in [-0.3, -0.25) is 4.79 Å². The Balaban J connectivity index is 1.28. The number of nitrogens with one attached hydrogen (secondary N) is 1. The predicted octanol–water partition coefficient (Wildman–Crippen LogP) is 6.09. The first-order valence-electron chi connectivity index (χ1n) is 14.9. The summed E-state index contributed by atoms with van der Waals surface area (Å²) in [6, 6.07) is 20.4. The number of nitrogens with zero attached hydrogens (tertiary/aromatic N) is 2. The predicted molar refractivity (Wildman–Crippen MR) is 165 cm³/mol. The highest BCUT2D eigenvalue weighted by Crippen LogP contribution is 2.46. The zero-order valence-corrected chi connectivity index (χ0v) is 24.8. The van der Waals surface area contributed by atoms with E-state index in [2.05, 4.69) is 34.6 Å². The molecule has 2 fully saturated rings. The van der Waals surface area contributed by atoms with Crippen LogP contribution in [0.15, 0.2) is 66.9 Å². The van der Waals surface area contributed by atoms with Crippen LogP contribution in [0.5, 0.6) is 0 Å². The van der Waals surface area contributed by atoms with Gasteiger partial charge in [-0.05, 0) is 86.6 Å². The minimum absolute atomic E-state index is 0.0491. The maximum absolute atomic E-state index is 13.1. The number of aliphatic hydroxyl groups is 1. The van der Waals surface area contributed by atoms with Gasteiger partial charge in [0.25, 0.3) is 0 Å². The van der Waals surface area contributed by atoms with E-state index in [9.17, 15) is 14.7 Å². The van der Waals surface area contributed by atoms with E-state index in [-0.39, 0.29) is 24.0 Å². The fourth-order valence-corrected chi connectivity index (χ4v) is 6.87. The van der Waals surface area contributed by atoms with Gasteiger partial charge in [0.15, 0.2) is 0 Å². The number of benzene rings is 2. The lowest BCUT2D eigenvalue weighted by Gasteiger charge is -2.49. The number of hydrogen-bond acceptors (Lipinski definition) is 6. The quantitative estimate of drug-likeness (QED) is 0.302. The molecule has 1 aromatic heterocycles. The van der Waals surface area contributed by atoms with Gasteiger partial charge in [-0.15, -0.1) is 0 Å². The number of pyridine rings is 1. The molecule has 4 N–H and O–H groups in total. The number of carbonyl (C=O) groups is 2. The van der Waals surface area contributed by atoms with Gasteiger partial charge in [-0.1, -0.05) is 54.6 Å². The second-order valence-electron chi connectivity index (χ2n) is 12.2. The van der Waals surface area contributed by atoms with Crippen molar-refractivity contribution in [2.45, 2.75) is 76.0 Å². The van der Waals surface area contributed by atoms with Crippen molar-refractivity contribution in [1.82, 2.24) is 9.88 Å². The smallest absolute Gasteiger partial charge is 0.409 e. The fourth-order valence-electron chi connectivity index (χ4n) is 6.87. The molecule has 0 bridgehead atoms. The molecule has 0 spiro atoms. The molecule has 2 aromatic carbocycles. The van der Waals surface area contributed by atoms with E-state index in [0.29, 0.717) is 31.6 Å². The van der Waals surface area contributed by atoms with Gasteiger partial charge in [0, 0.05) is 36.3 Å². The SMILES string of the molecule is CCN(C(=O)OC)C1CCC(CC(=O)Nc2cc(-c3ccccc3)c(-c3ccc(C4(N)CC(C)(O)C4)cc3)cn2)CC1. The topological polar surface area (TPSA) is 118 Å². The summed E-state index contributed by atoms with van der Waals surface area (Å²) in [6.45, 7) is 4.40. The minimum Gasteiger partial charge on any atom is -0.453 e. The van der Waals surface area contributed by atoms with Gasteiger partial charge in [-0.2, -0.15) is 0 Å². The largest absolute Gasteiger partial charge is 0.453 e. The van der Waals surface area contributed by atoms with Crippen molar-refractivity contribution < 1.29 is 19.4 Å². The van der Waals surface area contributed by atoms with Crippen molar-refractivity contribution in [3.05, 3.63) is 72.4 Å². The number of hydrogen-bond donors (Lipinski definition) is 3. The van der Waals surface area contributed by atoms with Crippen LogP contribution in [0.2, 0.25) is 0 Å². The summed E-state index contributed by atoms with van der Waals surface area (Å²) >= 11 is 0. The Morgan fingerprint density at radius 2 is 1.67 bits per heavy atom. The molecule has 2 aliphatic rings. The van der Waals surface area contributed by atoms with E-state index in [1.165, 1.54) is 7.11 Å². The van der Waals surface area contributed by atoms with Gasteiger partial charge < -0.3 is 25.8 Å². The van der Waals surface area contributed by atoms with Gasteiger partial charge in [0.05, 0.1) is 12.7 Å². The van der Waals surface area contributed by atoms with Crippen LogP contribution in [0.3, 0.4) is 0 Å². The van der Waals surface area contributed by atoms with Crippen molar-refractivity contribution in [3.63, 3.8) is 0 Å². The molecule has 0 unspecified atom stereocenters. The Kier molecular flexibility index (Phi) is 8.66. The minimum atomic E-state index is -0.710. The van der Waals surface area contributed by atoms with Crippen LogP contribution >= 0.6 is 0 Å². The van der Waals surface area contributed by atoms with Crippen LogP contribution in [0.4, 0.5) is 10.6 Å². The van der Waals surface area contributed by atoms with E-state index in [0.717, 1.165) is 53.5 Å². The third kappa shape index (κ3) is 6.50. The van der Waals surface area contributed by atoms with Crippen molar-refractivity contribution in [2.24, 2.45) is 11.7 Å². The van der Waals surface area contributed by atoms with Crippen molar-refractivity contribution in [3.8, 4) is 22.3 Å². The maximum Gasteiger partial charge on any atom is 0.409 e. The molecule has 1 heterocycles. The van der Waals surface area contributed by atoms with Crippen molar-refractivity contribution >= 4 is 17.8 Å². The lowest BCUT2D eigenvalue weighted by atomic mass is 9.63. The summed E-state index contributed by atoms with van der Waals surface area (Å²) in [5.41, 5.74) is 10.3. The summed E-state index contributed by atoms with van der Waals surface area (Å²) in [4.78, 5) is 31.5. The molecule has 2 amide bonds. The van der Waals surface area contributed by atoms with Gasteiger partial charge in [-0.25, -0.2) is 9.78 Å². The van der Waals surface area contributed by atoms with E-state index in [1.54, 1.807) is 4.90 Å². The number of rotatable bonds is 8. The molecule has 0 aliphatic heterocycles. The van der Waals surface area contributed by atoms with E-state index in [4.69, 9.17) is 10.5 Å². The summed E-state index contributed by atoms with van der Waals surface area (Å²) in [5.74, 6) is 0.745.